The molecule has 1 fully saturated rings. The molecule has 6 heteroatoms. The first kappa shape index (κ1) is 12.6. The Morgan fingerprint density at radius 2 is 1.83 bits per heavy atom. The van der Waals surface area contributed by atoms with E-state index < -0.39 is 11.6 Å². The molecule has 0 saturated carbocycles. The third kappa shape index (κ3) is 2.11. The summed E-state index contributed by atoms with van der Waals surface area (Å²) in [6.07, 6.45) is 0.516. The average Bonchev–Trinajstić information content (AvgIpc) is 2.39. The molecule has 1 aromatic rings. The van der Waals surface area contributed by atoms with Gasteiger partial charge in [-0.2, -0.15) is 0 Å². The molecule has 0 radical (unpaired) electrons. The van der Waals surface area contributed by atoms with Gasteiger partial charge >= 0.3 is 0 Å². The van der Waals surface area contributed by atoms with E-state index in [9.17, 15) is 18.4 Å². The van der Waals surface area contributed by atoms with Crippen molar-refractivity contribution in [2.45, 2.75) is 0 Å². The van der Waals surface area contributed by atoms with Crippen LogP contribution in [0, 0.1) is 11.6 Å². The summed E-state index contributed by atoms with van der Waals surface area (Å²) in [5, 5.41) is 3.06. The van der Waals surface area contributed by atoms with Crippen LogP contribution in [-0.4, -0.2) is 38.8 Å². The smallest absolute Gasteiger partial charge is 0.160 e. The van der Waals surface area contributed by atoms with E-state index in [2.05, 4.69) is 5.32 Å². The van der Waals surface area contributed by atoms with Gasteiger partial charge in [-0.05, 0) is 6.07 Å². The van der Waals surface area contributed by atoms with Gasteiger partial charge in [0.15, 0.2) is 18.4 Å². The number of hydrogen-bond donors (Lipinski definition) is 1. The highest BCUT2D eigenvalue weighted by Crippen LogP contribution is 2.27. The maximum atomic E-state index is 14.1. The number of aldehydes is 2. The van der Waals surface area contributed by atoms with E-state index in [0.29, 0.717) is 26.2 Å². The molecule has 0 aromatic heterocycles. The maximum Gasteiger partial charge on any atom is 0.160 e. The van der Waals surface area contributed by atoms with Crippen molar-refractivity contribution in [2.24, 2.45) is 0 Å². The first-order valence-electron chi connectivity index (χ1n) is 5.57. The standard InChI is InChI=1S/C12H12F2N2O2/c13-10-5-8(6-17)9(7-18)11(14)12(10)16-3-1-15-2-4-16/h5-7,15H,1-4H2. The van der Waals surface area contributed by atoms with Crippen LogP contribution in [0.25, 0.3) is 0 Å². The Bertz CT molecular complexity index is 485. The molecule has 1 heterocycles. The minimum Gasteiger partial charge on any atom is -0.364 e. The number of carbonyl (C=O) groups excluding carboxylic acids is 2. The summed E-state index contributed by atoms with van der Waals surface area (Å²) in [7, 11) is 0. The summed E-state index contributed by atoms with van der Waals surface area (Å²) in [5.74, 6) is -1.78. The van der Waals surface area contributed by atoms with Crippen LogP contribution in [0.5, 0.6) is 0 Å². The second-order valence-electron chi connectivity index (χ2n) is 4.00. The molecule has 1 N–H and O–H groups in total. The number of nitrogens with one attached hydrogen (secondary N) is 1. The van der Waals surface area contributed by atoms with Crippen LogP contribution in [-0.2, 0) is 0 Å². The summed E-state index contributed by atoms with van der Waals surface area (Å²) in [6, 6.07) is 0.900. The molecule has 0 amide bonds. The Kier molecular flexibility index (Phi) is 3.66. The lowest BCUT2D eigenvalue weighted by Gasteiger charge is -2.30. The van der Waals surface area contributed by atoms with Gasteiger partial charge in [0.25, 0.3) is 0 Å². The van der Waals surface area contributed by atoms with Gasteiger partial charge in [-0.15, -0.1) is 0 Å². The number of benzene rings is 1. The van der Waals surface area contributed by atoms with Gasteiger partial charge in [-0.1, -0.05) is 0 Å². The lowest BCUT2D eigenvalue weighted by Crippen LogP contribution is -2.44. The van der Waals surface area contributed by atoms with Crippen molar-refractivity contribution in [1.29, 1.82) is 0 Å². The van der Waals surface area contributed by atoms with Crippen molar-refractivity contribution in [1.82, 2.24) is 5.32 Å². The monoisotopic (exact) mass is 254 g/mol. The molecule has 0 bridgehead atoms. The van der Waals surface area contributed by atoms with Crippen molar-refractivity contribution in [3.63, 3.8) is 0 Å². The van der Waals surface area contributed by atoms with Crippen molar-refractivity contribution in [3.8, 4) is 0 Å². The van der Waals surface area contributed by atoms with E-state index in [1.54, 1.807) is 0 Å². The Morgan fingerprint density at radius 1 is 1.17 bits per heavy atom. The molecule has 1 aliphatic heterocycles. The first-order valence-corrected chi connectivity index (χ1v) is 5.57. The number of halogens is 2. The fraction of sp³-hybridized carbons (Fsp3) is 0.333. The molecule has 0 unspecified atom stereocenters. The molecule has 4 nitrogen and oxygen atoms in total. The van der Waals surface area contributed by atoms with E-state index in [0.717, 1.165) is 6.07 Å². The number of hydrogen-bond acceptors (Lipinski definition) is 4. The lowest BCUT2D eigenvalue weighted by molar-refractivity contribution is 0.109. The zero-order valence-corrected chi connectivity index (χ0v) is 9.58. The maximum absolute atomic E-state index is 14.1. The average molecular weight is 254 g/mol. The third-order valence-electron chi connectivity index (χ3n) is 2.94. The second-order valence-corrected chi connectivity index (χ2v) is 4.00. The van der Waals surface area contributed by atoms with E-state index in [4.69, 9.17) is 0 Å². The SMILES string of the molecule is O=Cc1cc(F)c(N2CCNCC2)c(F)c1C=O. The van der Waals surface area contributed by atoms with Crippen LogP contribution < -0.4 is 10.2 Å². The highest BCUT2D eigenvalue weighted by atomic mass is 19.1. The van der Waals surface area contributed by atoms with Crippen molar-refractivity contribution < 1.29 is 18.4 Å². The van der Waals surface area contributed by atoms with Crippen LogP contribution in [0.3, 0.4) is 0 Å². The molecule has 1 aliphatic rings. The Balaban J connectivity index is 2.52. The molecular formula is C12H12F2N2O2. The molecule has 0 aliphatic carbocycles. The van der Waals surface area contributed by atoms with Gasteiger partial charge in [0.1, 0.15) is 11.5 Å². The number of piperazine rings is 1. The predicted molar refractivity (Wildman–Crippen MR) is 62.2 cm³/mol. The van der Waals surface area contributed by atoms with Crippen LogP contribution in [0.1, 0.15) is 20.7 Å². The van der Waals surface area contributed by atoms with E-state index in [1.807, 2.05) is 0 Å². The molecule has 1 aromatic carbocycles. The molecular weight excluding hydrogens is 242 g/mol. The highest BCUT2D eigenvalue weighted by Gasteiger charge is 2.23. The molecule has 0 spiro atoms. The van der Waals surface area contributed by atoms with Gasteiger partial charge in [0, 0.05) is 31.7 Å². The van der Waals surface area contributed by atoms with E-state index in [1.165, 1.54) is 4.90 Å². The highest BCUT2D eigenvalue weighted by molar-refractivity contribution is 5.92. The summed E-state index contributed by atoms with van der Waals surface area (Å²) in [5.41, 5.74) is -0.886. The summed E-state index contributed by atoms with van der Waals surface area (Å²) in [4.78, 5) is 23.0. The molecule has 2 rings (SSSR count). The van der Waals surface area contributed by atoms with Crippen molar-refractivity contribution in [2.75, 3.05) is 31.1 Å². The first-order chi connectivity index (χ1) is 8.69. The van der Waals surface area contributed by atoms with Gasteiger partial charge in [0.05, 0.1) is 5.56 Å². The fourth-order valence-corrected chi connectivity index (χ4v) is 2.04. The van der Waals surface area contributed by atoms with Crippen LogP contribution in [0.4, 0.5) is 14.5 Å². The number of rotatable bonds is 3. The number of carbonyl (C=O) groups is 2. The van der Waals surface area contributed by atoms with Crippen LogP contribution in [0.15, 0.2) is 6.07 Å². The topological polar surface area (TPSA) is 49.4 Å². The minimum atomic E-state index is -0.964. The van der Waals surface area contributed by atoms with Crippen LogP contribution >= 0.6 is 0 Å². The van der Waals surface area contributed by atoms with E-state index >= 15 is 0 Å². The molecule has 18 heavy (non-hydrogen) atoms. The predicted octanol–water partition coefficient (Wildman–Crippen LogP) is 0.999. The van der Waals surface area contributed by atoms with Crippen molar-refractivity contribution in [3.05, 3.63) is 28.8 Å². The van der Waals surface area contributed by atoms with Gasteiger partial charge in [-0.3, -0.25) is 9.59 Å². The van der Waals surface area contributed by atoms with Gasteiger partial charge in [-0.25, -0.2) is 8.78 Å². The normalized spacial score (nSPS) is 15.6. The molecule has 0 atom stereocenters. The zero-order valence-electron chi connectivity index (χ0n) is 9.58. The fourth-order valence-electron chi connectivity index (χ4n) is 2.04. The number of nitrogens with zero attached hydrogens (tertiary/aromatic N) is 1. The third-order valence-corrected chi connectivity index (χ3v) is 2.94. The largest absolute Gasteiger partial charge is 0.364 e. The van der Waals surface area contributed by atoms with Crippen LogP contribution in [0.2, 0.25) is 0 Å². The Hall–Kier alpha value is -1.82. The summed E-state index contributed by atoms with van der Waals surface area (Å²) >= 11 is 0. The second kappa shape index (κ2) is 5.22. The van der Waals surface area contributed by atoms with Crippen molar-refractivity contribution >= 4 is 18.3 Å². The van der Waals surface area contributed by atoms with Gasteiger partial charge < -0.3 is 10.2 Å². The zero-order chi connectivity index (χ0) is 13.1. The quantitative estimate of drug-likeness (QED) is 0.817. The molecule has 1 saturated heterocycles. The van der Waals surface area contributed by atoms with Gasteiger partial charge in [0.2, 0.25) is 0 Å². The lowest BCUT2D eigenvalue weighted by atomic mass is 10.1. The summed E-state index contributed by atoms with van der Waals surface area (Å²) < 4.78 is 27.9. The number of anilines is 1. The minimum absolute atomic E-state index is 0.232. The molecule has 96 valence electrons. The summed E-state index contributed by atoms with van der Waals surface area (Å²) in [6.45, 7) is 2.13. The van der Waals surface area contributed by atoms with E-state index in [-0.39, 0.29) is 29.4 Å². The Labute approximate surface area is 103 Å². The Morgan fingerprint density at radius 3 is 2.39 bits per heavy atom.